The van der Waals surface area contributed by atoms with E-state index in [1.165, 1.54) is 24.8 Å². The van der Waals surface area contributed by atoms with Gasteiger partial charge in [-0.2, -0.15) is 0 Å². The van der Waals surface area contributed by atoms with Gasteiger partial charge in [-0.15, -0.1) is 0 Å². The van der Waals surface area contributed by atoms with Crippen molar-refractivity contribution in [2.75, 3.05) is 31.1 Å². The van der Waals surface area contributed by atoms with E-state index in [4.69, 9.17) is 0 Å². The van der Waals surface area contributed by atoms with Gasteiger partial charge in [-0.05, 0) is 57.1 Å². The van der Waals surface area contributed by atoms with Crippen molar-refractivity contribution in [2.45, 2.75) is 70.8 Å². The summed E-state index contributed by atoms with van der Waals surface area (Å²) in [6.07, 6.45) is 11.2. The van der Waals surface area contributed by atoms with E-state index in [0.717, 1.165) is 70.5 Å². The lowest BCUT2D eigenvalue weighted by Crippen LogP contribution is -2.50. The molecule has 1 N–H and O–H groups in total. The van der Waals surface area contributed by atoms with Crippen molar-refractivity contribution < 1.29 is 9.59 Å². The number of likely N-dealkylation sites (tertiary alicyclic amines) is 1. The van der Waals surface area contributed by atoms with Crippen molar-refractivity contribution in [3.63, 3.8) is 0 Å². The highest BCUT2D eigenvalue weighted by atomic mass is 16.2. The van der Waals surface area contributed by atoms with Gasteiger partial charge in [-0.3, -0.25) is 9.59 Å². The van der Waals surface area contributed by atoms with Gasteiger partial charge >= 0.3 is 0 Å². The highest BCUT2D eigenvalue weighted by Crippen LogP contribution is 2.27. The molecule has 3 heterocycles. The van der Waals surface area contributed by atoms with Crippen LogP contribution in [0.5, 0.6) is 0 Å². The van der Waals surface area contributed by atoms with Crippen LogP contribution >= 0.6 is 0 Å². The molecule has 2 amide bonds. The molecule has 6 nitrogen and oxygen atoms in total. The Morgan fingerprint density at radius 3 is 2.23 bits per heavy atom. The molecule has 1 aromatic heterocycles. The number of pyridine rings is 1. The summed E-state index contributed by atoms with van der Waals surface area (Å²) in [6, 6.07) is 4.37. The number of amides is 2. The molecule has 1 saturated carbocycles. The van der Waals surface area contributed by atoms with Crippen LogP contribution in [0.2, 0.25) is 0 Å². The van der Waals surface area contributed by atoms with Crippen molar-refractivity contribution in [1.82, 2.24) is 15.2 Å². The number of carbonyl (C=O) groups is 2. The predicted octanol–water partition coefficient (Wildman–Crippen LogP) is 3.29. The molecule has 0 bridgehead atoms. The molecule has 1 aliphatic carbocycles. The number of hydrogen-bond donors (Lipinski definition) is 1. The van der Waals surface area contributed by atoms with E-state index in [1.54, 1.807) is 0 Å². The van der Waals surface area contributed by atoms with E-state index in [1.807, 2.05) is 18.0 Å². The van der Waals surface area contributed by atoms with Gasteiger partial charge in [0.1, 0.15) is 5.82 Å². The third kappa shape index (κ3) is 5.13. The molecule has 6 heteroatoms. The Morgan fingerprint density at radius 2 is 1.60 bits per heavy atom. The molecule has 0 spiro atoms. The number of carbonyl (C=O) groups excluding carboxylic acids is 2. The van der Waals surface area contributed by atoms with Crippen LogP contribution in [0.3, 0.4) is 0 Å². The van der Waals surface area contributed by atoms with Gasteiger partial charge in [0, 0.05) is 50.3 Å². The van der Waals surface area contributed by atoms with Gasteiger partial charge in [-0.1, -0.05) is 25.3 Å². The molecule has 3 aliphatic rings. The smallest absolute Gasteiger partial charge is 0.225 e. The first kappa shape index (κ1) is 21.1. The zero-order valence-electron chi connectivity index (χ0n) is 18.3. The molecule has 2 aliphatic heterocycles. The maximum absolute atomic E-state index is 12.8. The lowest BCUT2D eigenvalue weighted by atomic mass is 9.87. The van der Waals surface area contributed by atoms with E-state index in [2.05, 4.69) is 27.3 Å². The number of piperidine rings is 2. The van der Waals surface area contributed by atoms with Crippen LogP contribution in [-0.4, -0.2) is 53.9 Å². The zero-order chi connectivity index (χ0) is 20.9. The molecule has 0 aromatic carbocycles. The van der Waals surface area contributed by atoms with E-state index in [0.29, 0.717) is 5.91 Å². The molecule has 2 saturated heterocycles. The van der Waals surface area contributed by atoms with Crippen LogP contribution in [0.4, 0.5) is 5.82 Å². The largest absolute Gasteiger partial charge is 0.357 e. The van der Waals surface area contributed by atoms with Crippen LogP contribution < -0.4 is 10.2 Å². The van der Waals surface area contributed by atoms with E-state index in [-0.39, 0.29) is 23.8 Å². The summed E-state index contributed by atoms with van der Waals surface area (Å²) in [5.74, 6) is 1.90. The first-order valence-corrected chi connectivity index (χ1v) is 11.9. The molecule has 30 heavy (non-hydrogen) atoms. The molecule has 0 atom stereocenters. The Morgan fingerprint density at radius 1 is 0.900 bits per heavy atom. The number of aromatic nitrogens is 1. The fourth-order valence-corrected chi connectivity index (χ4v) is 5.19. The fourth-order valence-electron chi connectivity index (χ4n) is 5.19. The molecule has 164 valence electrons. The standard InChI is InChI=1S/C24H36N4O2/c1-18-7-8-22(25-17-18)27-13-9-19(10-14-27)23(29)26-21-11-15-28(16-12-21)24(30)20-5-3-2-4-6-20/h7-8,17,19-21H,2-6,9-16H2,1H3,(H,26,29). The minimum absolute atomic E-state index is 0.0913. The van der Waals surface area contributed by atoms with Gasteiger partial charge in [0.05, 0.1) is 0 Å². The number of nitrogens with one attached hydrogen (secondary N) is 1. The Hall–Kier alpha value is -2.11. The molecular weight excluding hydrogens is 376 g/mol. The van der Waals surface area contributed by atoms with Crippen molar-refractivity contribution in [1.29, 1.82) is 0 Å². The number of aryl methyl sites for hydroxylation is 1. The maximum Gasteiger partial charge on any atom is 0.225 e. The number of nitrogens with zero attached hydrogens (tertiary/aromatic N) is 3. The summed E-state index contributed by atoms with van der Waals surface area (Å²) < 4.78 is 0. The van der Waals surface area contributed by atoms with Crippen molar-refractivity contribution in [3.8, 4) is 0 Å². The lowest BCUT2D eigenvalue weighted by molar-refractivity contribution is -0.137. The molecule has 3 fully saturated rings. The number of anilines is 1. The van der Waals surface area contributed by atoms with Crippen LogP contribution in [0.25, 0.3) is 0 Å². The van der Waals surface area contributed by atoms with Crippen molar-refractivity contribution >= 4 is 17.6 Å². The van der Waals surface area contributed by atoms with Crippen LogP contribution in [0, 0.1) is 18.8 Å². The molecule has 1 aromatic rings. The Labute approximate surface area is 180 Å². The minimum atomic E-state index is 0.0913. The molecule has 0 unspecified atom stereocenters. The highest BCUT2D eigenvalue weighted by Gasteiger charge is 2.31. The summed E-state index contributed by atoms with van der Waals surface area (Å²) in [6.45, 7) is 5.38. The van der Waals surface area contributed by atoms with E-state index < -0.39 is 0 Å². The summed E-state index contributed by atoms with van der Waals surface area (Å²) in [4.78, 5) is 34.4. The predicted molar refractivity (Wildman–Crippen MR) is 118 cm³/mol. The molecule has 4 rings (SSSR count). The highest BCUT2D eigenvalue weighted by molar-refractivity contribution is 5.80. The number of hydrogen-bond acceptors (Lipinski definition) is 4. The van der Waals surface area contributed by atoms with Crippen LogP contribution in [-0.2, 0) is 9.59 Å². The van der Waals surface area contributed by atoms with Gasteiger partial charge in [0.25, 0.3) is 0 Å². The van der Waals surface area contributed by atoms with Crippen molar-refractivity contribution in [2.24, 2.45) is 11.8 Å². The lowest BCUT2D eigenvalue weighted by Gasteiger charge is -2.37. The summed E-state index contributed by atoms with van der Waals surface area (Å²) in [5.41, 5.74) is 1.17. The molecule has 0 radical (unpaired) electrons. The topological polar surface area (TPSA) is 65.5 Å². The van der Waals surface area contributed by atoms with Gasteiger partial charge in [0.2, 0.25) is 11.8 Å². The summed E-state index contributed by atoms with van der Waals surface area (Å²) >= 11 is 0. The third-order valence-electron chi connectivity index (χ3n) is 7.19. The van der Waals surface area contributed by atoms with Gasteiger partial charge in [0.15, 0.2) is 0 Å². The summed E-state index contributed by atoms with van der Waals surface area (Å²) in [5, 5.41) is 3.28. The third-order valence-corrected chi connectivity index (χ3v) is 7.19. The molecular formula is C24H36N4O2. The average molecular weight is 413 g/mol. The second-order valence-electron chi connectivity index (χ2n) is 9.40. The van der Waals surface area contributed by atoms with E-state index in [9.17, 15) is 9.59 Å². The average Bonchev–Trinajstić information content (AvgIpc) is 2.80. The van der Waals surface area contributed by atoms with Crippen molar-refractivity contribution in [3.05, 3.63) is 23.9 Å². The minimum Gasteiger partial charge on any atom is -0.357 e. The first-order valence-electron chi connectivity index (χ1n) is 11.9. The summed E-state index contributed by atoms with van der Waals surface area (Å²) in [7, 11) is 0. The second-order valence-corrected chi connectivity index (χ2v) is 9.40. The van der Waals surface area contributed by atoms with Gasteiger partial charge in [-0.25, -0.2) is 4.98 Å². The van der Waals surface area contributed by atoms with Gasteiger partial charge < -0.3 is 15.1 Å². The monoisotopic (exact) mass is 412 g/mol. The maximum atomic E-state index is 12.8. The Kier molecular flexibility index (Phi) is 6.90. The first-order chi connectivity index (χ1) is 14.6. The second kappa shape index (κ2) is 9.80. The quantitative estimate of drug-likeness (QED) is 0.824. The van der Waals surface area contributed by atoms with E-state index >= 15 is 0 Å². The normalized spacial score (nSPS) is 22.2. The fraction of sp³-hybridized carbons (Fsp3) is 0.708. The van der Waals surface area contributed by atoms with Crippen LogP contribution in [0.15, 0.2) is 18.3 Å². The number of rotatable bonds is 4. The Bertz CT molecular complexity index is 713. The SMILES string of the molecule is Cc1ccc(N2CCC(C(=O)NC3CCN(C(=O)C4CCCCC4)CC3)CC2)nc1. The zero-order valence-corrected chi connectivity index (χ0v) is 18.3. The Balaban J connectivity index is 1.19. The van der Waals surface area contributed by atoms with Crippen LogP contribution in [0.1, 0.15) is 63.4 Å².